The van der Waals surface area contributed by atoms with Crippen molar-refractivity contribution >= 4 is 17.0 Å². The highest BCUT2D eigenvalue weighted by Crippen LogP contribution is 2.27. The number of benzene rings is 1. The summed E-state index contributed by atoms with van der Waals surface area (Å²) in [4.78, 5) is 18.9. The van der Waals surface area contributed by atoms with Gasteiger partial charge in [0.05, 0.1) is 11.1 Å². The van der Waals surface area contributed by atoms with Crippen molar-refractivity contribution in [1.29, 1.82) is 0 Å². The summed E-state index contributed by atoms with van der Waals surface area (Å²) in [5, 5.41) is 9.17. The Labute approximate surface area is 118 Å². The largest absolute Gasteiger partial charge is 0.478 e. The van der Waals surface area contributed by atoms with E-state index in [-0.39, 0.29) is 5.56 Å². The first-order valence-electron chi connectivity index (χ1n) is 7.45. The van der Waals surface area contributed by atoms with Gasteiger partial charge in [0.1, 0.15) is 11.3 Å². The fraction of sp³-hybridized carbons (Fsp3) is 0.500. The normalized spacial score (nSPS) is 16.6. The highest BCUT2D eigenvalue weighted by atomic mass is 16.4. The average molecular weight is 272 g/mol. The van der Waals surface area contributed by atoms with Gasteiger partial charge in [-0.05, 0) is 24.5 Å². The molecule has 0 radical (unpaired) electrons. The van der Waals surface area contributed by atoms with Gasteiger partial charge in [0.15, 0.2) is 0 Å². The number of aryl methyl sites for hydroxylation is 1. The number of hydrogen-bond donors (Lipinski definition) is 2. The van der Waals surface area contributed by atoms with Crippen LogP contribution in [0.25, 0.3) is 11.0 Å². The molecule has 0 spiro atoms. The van der Waals surface area contributed by atoms with Crippen LogP contribution >= 0.6 is 0 Å². The van der Waals surface area contributed by atoms with E-state index < -0.39 is 5.97 Å². The first-order chi connectivity index (χ1) is 9.74. The lowest BCUT2D eigenvalue weighted by molar-refractivity contribution is 0.0699. The molecular formula is C16H20N2O2. The molecule has 4 heteroatoms. The van der Waals surface area contributed by atoms with Crippen LogP contribution in [0.15, 0.2) is 18.2 Å². The van der Waals surface area contributed by atoms with Gasteiger partial charge in [0, 0.05) is 6.42 Å². The van der Waals surface area contributed by atoms with E-state index in [1.54, 1.807) is 12.1 Å². The number of hydrogen-bond acceptors (Lipinski definition) is 2. The maximum Gasteiger partial charge on any atom is 0.337 e. The second kappa shape index (κ2) is 5.65. The SMILES string of the molecule is O=C(O)c1cccc2[nH]c(CCC3CCCCC3)nc12. The first kappa shape index (κ1) is 13.2. The number of nitrogens with one attached hydrogen (secondary N) is 1. The van der Waals surface area contributed by atoms with Crippen LogP contribution in [0.4, 0.5) is 0 Å². The van der Waals surface area contributed by atoms with Crippen molar-refractivity contribution in [3.8, 4) is 0 Å². The van der Waals surface area contributed by atoms with Crippen LogP contribution in [-0.2, 0) is 6.42 Å². The Morgan fingerprint density at radius 3 is 2.85 bits per heavy atom. The molecular weight excluding hydrogens is 252 g/mol. The zero-order valence-electron chi connectivity index (χ0n) is 11.6. The smallest absolute Gasteiger partial charge is 0.337 e. The summed E-state index contributed by atoms with van der Waals surface area (Å²) in [6, 6.07) is 5.25. The lowest BCUT2D eigenvalue weighted by Crippen LogP contribution is -2.07. The van der Waals surface area contributed by atoms with Crippen molar-refractivity contribution in [2.24, 2.45) is 5.92 Å². The first-order valence-corrected chi connectivity index (χ1v) is 7.45. The second-order valence-electron chi connectivity index (χ2n) is 5.73. The van der Waals surface area contributed by atoms with E-state index in [1.165, 1.54) is 32.1 Å². The number of aromatic carboxylic acids is 1. The van der Waals surface area contributed by atoms with Crippen LogP contribution in [0.1, 0.15) is 54.7 Å². The third-order valence-electron chi connectivity index (χ3n) is 4.31. The molecule has 1 aromatic heterocycles. The molecule has 1 heterocycles. The molecule has 2 N–H and O–H groups in total. The Kier molecular flexibility index (Phi) is 3.72. The van der Waals surface area contributed by atoms with Crippen molar-refractivity contribution < 1.29 is 9.90 Å². The van der Waals surface area contributed by atoms with E-state index in [0.29, 0.717) is 5.52 Å². The van der Waals surface area contributed by atoms with Gasteiger partial charge in [-0.15, -0.1) is 0 Å². The summed E-state index contributed by atoms with van der Waals surface area (Å²) in [5.41, 5.74) is 1.69. The van der Waals surface area contributed by atoms with Crippen LogP contribution in [-0.4, -0.2) is 21.0 Å². The summed E-state index contributed by atoms with van der Waals surface area (Å²) < 4.78 is 0. The van der Waals surface area contributed by atoms with Crippen molar-refractivity contribution in [2.75, 3.05) is 0 Å². The summed E-state index contributed by atoms with van der Waals surface area (Å²) in [5.74, 6) is 0.816. The van der Waals surface area contributed by atoms with E-state index in [9.17, 15) is 9.90 Å². The zero-order valence-corrected chi connectivity index (χ0v) is 11.6. The van der Waals surface area contributed by atoms with E-state index in [2.05, 4.69) is 9.97 Å². The third kappa shape index (κ3) is 2.69. The molecule has 4 nitrogen and oxygen atoms in total. The molecule has 3 rings (SSSR count). The Balaban J connectivity index is 1.75. The maximum atomic E-state index is 11.2. The number of carboxylic acids is 1. The molecule has 1 saturated carbocycles. The maximum absolute atomic E-state index is 11.2. The summed E-state index contributed by atoms with van der Waals surface area (Å²) in [7, 11) is 0. The standard InChI is InChI=1S/C16H20N2O2/c19-16(20)12-7-4-8-13-15(12)18-14(17-13)10-9-11-5-2-1-3-6-11/h4,7-8,11H,1-3,5-6,9-10H2,(H,17,18)(H,19,20). The van der Waals surface area contributed by atoms with Crippen molar-refractivity contribution in [3.63, 3.8) is 0 Å². The number of aromatic nitrogens is 2. The Morgan fingerprint density at radius 2 is 2.10 bits per heavy atom. The molecule has 0 amide bonds. The van der Waals surface area contributed by atoms with E-state index >= 15 is 0 Å². The van der Waals surface area contributed by atoms with Crippen LogP contribution in [0.3, 0.4) is 0 Å². The monoisotopic (exact) mass is 272 g/mol. The van der Waals surface area contributed by atoms with Gasteiger partial charge in [-0.3, -0.25) is 0 Å². The van der Waals surface area contributed by atoms with Gasteiger partial charge >= 0.3 is 5.97 Å². The quantitative estimate of drug-likeness (QED) is 0.890. The Hall–Kier alpha value is -1.84. The number of fused-ring (bicyclic) bond motifs is 1. The van der Waals surface area contributed by atoms with Gasteiger partial charge in [-0.1, -0.05) is 38.2 Å². The molecule has 20 heavy (non-hydrogen) atoms. The topological polar surface area (TPSA) is 66.0 Å². The van der Waals surface area contributed by atoms with E-state index in [1.807, 2.05) is 6.07 Å². The number of imidazole rings is 1. The molecule has 1 aromatic carbocycles. The fourth-order valence-corrected chi connectivity index (χ4v) is 3.19. The number of H-pyrrole nitrogens is 1. The minimum Gasteiger partial charge on any atom is -0.478 e. The van der Waals surface area contributed by atoms with Gasteiger partial charge in [-0.2, -0.15) is 0 Å². The minimum atomic E-state index is -0.916. The molecule has 0 unspecified atom stereocenters. The number of rotatable bonds is 4. The molecule has 1 aliphatic rings. The van der Waals surface area contributed by atoms with Crippen molar-refractivity contribution in [2.45, 2.75) is 44.9 Å². The van der Waals surface area contributed by atoms with Crippen LogP contribution in [0.5, 0.6) is 0 Å². The number of carbonyl (C=O) groups is 1. The van der Waals surface area contributed by atoms with Crippen LogP contribution in [0, 0.1) is 5.92 Å². The highest BCUT2D eigenvalue weighted by molar-refractivity contribution is 6.00. The van der Waals surface area contributed by atoms with Gasteiger partial charge in [0.2, 0.25) is 0 Å². The third-order valence-corrected chi connectivity index (χ3v) is 4.31. The van der Waals surface area contributed by atoms with Crippen LogP contribution < -0.4 is 0 Å². The van der Waals surface area contributed by atoms with Crippen molar-refractivity contribution in [1.82, 2.24) is 9.97 Å². The Morgan fingerprint density at radius 1 is 1.30 bits per heavy atom. The number of nitrogens with zero attached hydrogens (tertiary/aromatic N) is 1. The predicted octanol–water partition coefficient (Wildman–Crippen LogP) is 3.77. The summed E-state index contributed by atoms with van der Waals surface area (Å²) in [6.45, 7) is 0. The Bertz CT molecular complexity index is 612. The molecule has 0 aliphatic heterocycles. The molecule has 0 bridgehead atoms. The summed E-state index contributed by atoms with van der Waals surface area (Å²) >= 11 is 0. The van der Waals surface area contributed by atoms with E-state index in [0.717, 1.165) is 30.1 Å². The molecule has 0 atom stereocenters. The number of para-hydroxylation sites is 1. The van der Waals surface area contributed by atoms with Crippen LogP contribution in [0.2, 0.25) is 0 Å². The zero-order chi connectivity index (χ0) is 13.9. The highest BCUT2D eigenvalue weighted by Gasteiger charge is 2.16. The van der Waals surface area contributed by atoms with E-state index in [4.69, 9.17) is 0 Å². The molecule has 1 aliphatic carbocycles. The lowest BCUT2D eigenvalue weighted by Gasteiger charge is -2.20. The molecule has 1 fully saturated rings. The molecule has 0 saturated heterocycles. The molecule has 106 valence electrons. The second-order valence-corrected chi connectivity index (χ2v) is 5.73. The number of carboxylic acid groups (broad SMARTS) is 1. The predicted molar refractivity (Wildman–Crippen MR) is 77.9 cm³/mol. The van der Waals surface area contributed by atoms with Gasteiger partial charge < -0.3 is 10.1 Å². The molecule has 2 aromatic rings. The van der Waals surface area contributed by atoms with Gasteiger partial charge in [0.25, 0.3) is 0 Å². The fourth-order valence-electron chi connectivity index (χ4n) is 3.19. The summed E-state index contributed by atoms with van der Waals surface area (Å²) in [6.07, 6.45) is 8.83. The van der Waals surface area contributed by atoms with Gasteiger partial charge in [-0.25, -0.2) is 9.78 Å². The van der Waals surface area contributed by atoms with Crippen molar-refractivity contribution in [3.05, 3.63) is 29.6 Å². The lowest BCUT2D eigenvalue weighted by atomic mass is 9.86. The average Bonchev–Trinajstić information content (AvgIpc) is 2.88. The number of aromatic amines is 1. The minimum absolute atomic E-state index is 0.280.